The highest BCUT2D eigenvalue weighted by Crippen LogP contribution is 2.37. The van der Waals surface area contributed by atoms with Crippen molar-refractivity contribution >= 4 is 50.7 Å². The number of esters is 2. The van der Waals surface area contributed by atoms with Crippen molar-refractivity contribution in [2.75, 3.05) is 24.0 Å². The van der Waals surface area contributed by atoms with E-state index in [1.165, 1.54) is 19.1 Å². The summed E-state index contributed by atoms with van der Waals surface area (Å²) in [5.41, 5.74) is 2.32. The fourth-order valence-corrected chi connectivity index (χ4v) is 4.47. The maximum Gasteiger partial charge on any atom is 0.355 e. The molecule has 0 bridgehead atoms. The number of rotatable bonds is 6. The van der Waals surface area contributed by atoms with E-state index in [9.17, 15) is 14.4 Å². The van der Waals surface area contributed by atoms with Gasteiger partial charge in [0.1, 0.15) is 11.9 Å². The van der Waals surface area contributed by atoms with E-state index in [4.69, 9.17) is 9.47 Å². The van der Waals surface area contributed by atoms with Gasteiger partial charge in [-0.15, -0.1) is 0 Å². The molecule has 0 saturated carbocycles. The molecule has 1 atom stereocenters. The number of amides is 1. The van der Waals surface area contributed by atoms with Gasteiger partial charge in [0, 0.05) is 15.8 Å². The Bertz CT molecular complexity index is 1370. The first kappa shape index (κ1) is 25.9. The van der Waals surface area contributed by atoms with Gasteiger partial charge >= 0.3 is 11.9 Å². The van der Waals surface area contributed by atoms with Gasteiger partial charge in [0.15, 0.2) is 5.57 Å². The second kappa shape index (κ2) is 11.3. The van der Waals surface area contributed by atoms with Crippen molar-refractivity contribution in [2.24, 2.45) is 0 Å². The largest absolute Gasteiger partial charge is 0.465 e. The average Bonchev–Trinajstić information content (AvgIpc) is 2.93. The lowest BCUT2D eigenvalue weighted by Crippen LogP contribution is -2.58. The van der Waals surface area contributed by atoms with Crippen molar-refractivity contribution in [3.8, 4) is 0 Å². The van der Waals surface area contributed by atoms with Gasteiger partial charge in [-0.3, -0.25) is 9.69 Å². The molecular formula is C29H25BrN2O5. The molecule has 0 fully saturated rings. The predicted molar refractivity (Wildman–Crippen MR) is 145 cm³/mol. The Morgan fingerprint density at radius 1 is 0.784 bits per heavy atom. The number of carbonyl (C=O) groups is 3. The van der Waals surface area contributed by atoms with Crippen LogP contribution in [-0.2, 0) is 23.9 Å². The van der Waals surface area contributed by atoms with E-state index in [-0.39, 0.29) is 5.70 Å². The average molecular weight is 561 g/mol. The number of anilines is 2. The zero-order chi connectivity index (χ0) is 26.5. The van der Waals surface area contributed by atoms with Gasteiger partial charge in [0.25, 0.3) is 5.91 Å². The molecule has 0 saturated heterocycles. The van der Waals surface area contributed by atoms with Crippen molar-refractivity contribution in [3.63, 3.8) is 0 Å². The van der Waals surface area contributed by atoms with Crippen molar-refractivity contribution in [1.29, 1.82) is 0 Å². The number of halogens is 1. The van der Waals surface area contributed by atoms with E-state index in [0.29, 0.717) is 11.4 Å². The third-order valence-corrected chi connectivity index (χ3v) is 6.50. The number of hydrogen-bond acceptors (Lipinski definition) is 6. The maximum atomic E-state index is 14.0. The molecule has 0 spiro atoms. The second-order valence-electron chi connectivity index (χ2n) is 8.19. The Labute approximate surface area is 223 Å². The Balaban J connectivity index is 2.06. The smallest absolute Gasteiger partial charge is 0.355 e. The van der Waals surface area contributed by atoms with Gasteiger partial charge in [0.05, 0.1) is 14.2 Å². The first-order valence-electron chi connectivity index (χ1n) is 11.5. The minimum atomic E-state index is -0.935. The molecular weight excluding hydrogens is 536 g/mol. The lowest BCUT2D eigenvalue weighted by molar-refractivity contribution is -0.141. The predicted octanol–water partition coefficient (Wildman–Crippen LogP) is 5.33. The zero-order valence-corrected chi connectivity index (χ0v) is 22.1. The quantitative estimate of drug-likeness (QED) is 0.299. The lowest BCUT2D eigenvalue weighted by atomic mass is 10.00. The van der Waals surface area contributed by atoms with Crippen LogP contribution >= 0.6 is 15.9 Å². The molecule has 4 rings (SSSR count). The molecule has 7 nitrogen and oxygen atoms in total. The maximum absolute atomic E-state index is 14.0. The fraction of sp³-hybridized carbons (Fsp3) is 0.138. The van der Waals surface area contributed by atoms with E-state index in [1.807, 2.05) is 61.5 Å². The summed E-state index contributed by atoms with van der Waals surface area (Å²) in [5, 5.41) is 0. The topological polar surface area (TPSA) is 76.2 Å². The van der Waals surface area contributed by atoms with Crippen LogP contribution in [0, 0.1) is 0 Å². The van der Waals surface area contributed by atoms with Crippen LogP contribution in [0.2, 0.25) is 0 Å². The van der Waals surface area contributed by atoms with E-state index in [1.54, 1.807) is 41.3 Å². The third-order valence-electron chi connectivity index (χ3n) is 5.98. The minimum Gasteiger partial charge on any atom is -0.465 e. The number of ether oxygens (including phenoxy) is 2. The van der Waals surface area contributed by atoms with Gasteiger partial charge in [-0.25, -0.2) is 9.59 Å². The number of para-hydroxylation sites is 1. The molecule has 1 aliphatic rings. The Kier molecular flexibility index (Phi) is 7.89. The van der Waals surface area contributed by atoms with E-state index < -0.39 is 29.6 Å². The molecule has 0 aromatic heterocycles. The molecule has 37 heavy (non-hydrogen) atoms. The zero-order valence-electron chi connectivity index (χ0n) is 20.6. The van der Waals surface area contributed by atoms with Crippen LogP contribution in [0.3, 0.4) is 0 Å². The van der Waals surface area contributed by atoms with Crippen LogP contribution < -0.4 is 9.80 Å². The number of methoxy groups -OCH3 is 2. The van der Waals surface area contributed by atoms with Crippen LogP contribution in [0.4, 0.5) is 11.4 Å². The lowest BCUT2D eigenvalue weighted by Gasteiger charge is -2.44. The fourth-order valence-electron chi connectivity index (χ4n) is 4.21. The van der Waals surface area contributed by atoms with E-state index in [0.717, 1.165) is 15.6 Å². The molecule has 8 heteroatoms. The van der Waals surface area contributed by atoms with Gasteiger partial charge in [-0.2, -0.15) is 0 Å². The van der Waals surface area contributed by atoms with Crippen molar-refractivity contribution in [2.45, 2.75) is 13.1 Å². The van der Waals surface area contributed by atoms with Gasteiger partial charge in [-0.05, 0) is 60.5 Å². The molecule has 3 aromatic rings. The van der Waals surface area contributed by atoms with Crippen molar-refractivity contribution in [1.82, 2.24) is 0 Å². The normalized spacial score (nSPS) is 16.1. The summed E-state index contributed by atoms with van der Waals surface area (Å²) in [6, 6.07) is 25.9. The van der Waals surface area contributed by atoms with Crippen LogP contribution in [0.25, 0.3) is 5.57 Å². The number of carbonyl (C=O) groups excluding carboxylic acids is 3. The molecule has 188 valence electrons. The summed E-state index contributed by atoms with van der Waals surface area (Å²) in [6.45, 7) is 1.93. The number of allylic oxidation sites excluding steroid dienone is 1. The standard InChI is InChI=1S/C29H25BrN2O5/c1-19(20-10-6-4-7-11-20)18-24-31(22-12-8-5-9-13-22)26(29(35)37-3)25(28(34)36-2)27(33)32(24)23-16-14-21(30)15-17-23/h4-18,24H,1-3H3/b19-18+. The summed E-state index contributed by atoms with van der Waals surface area (Å²) in [7, 11) is 2.37. The Hall–Kier alpha value is -4.17. The van der Waals surface area contributed by atoms with Crippen LogP contribution in [0.15, 0.2) is 107 Å². The number of nitrogens with zero attached hydrogens (tertiary/aromatic N) is 2. The minimum absolute atomic E-state index is 0.193. The van der Waals surface area contributed by atoms with E-state index >= 15 is 0 Å². The monoisotopic (exact) mass is 560 g/mol. The molecule has 0 radical (unpaired) electrons. The summed E-state index contributed by atoms with van der Waals surface area (Å²) in [5.74, 6) is -2.44. The van der Waals surface area contributed by atoms with Crippen LogP contribution in [-0.4, -0.2) is 38.2 Å². The number of benzene rings is 3. The first-order valence-corrected chi connectivity index (χ1v) is 12.2. The van der Waals surface area contributed by atoms with Crippen molar-refractivity contribution < 1.29 is 23.9 Å². The molecule has 0 N–H and O–H groups in total. The second-order valence-corrected chi connectivity index (χ2v) is 9.11. The SMILES string of the molecule is COC(=O)C1=C(C(=O)OC)N(c2ccccc2)C(/C=C(\C)c2ccccc2)N(c2ccc(Br)cc2)C1=O. The molecule has 1 heterocycles. The van der Waals surface area contributed by atoms with Crippen LogP contribution in [0.5, 0.6) is 0 Å². The number of hydrogen-bond donors (Lipinski definition) is 0. The molecule has 1 amide bonds. The highest BCUT2D eigenvalue weighted by Gasteiger charge is 2.46. The molecule has 3 aromatic carbocycles. The molecule has 1 aliphatic heterocycles. The highest BCUT2D eigenvalue weighted by atomic mass is 79.9. The summed E-state index contributed by atoms with van der Waals surface area (Å²) < 4.78 is 10.8. The Morgan fingerprint density at radius 2 is 1.32 bits per heavy atom. The summed E-state index contributed by atoms with van der Waals surface area (Å²) in [4.78, 5) is 43.3. The summed E-state index contributed by atoms with van der Waals surface area (Å²) in [6.07, 6.45) is 1.07. The van der Waals surface area contributed by atoms with Crippen LogP contribution in [0.1, 0.15) is 12.5 Å². The van der Waals surface area contributed by atoms with Gasteiger partial charge < -0.3 is 14.4 Å². The summed E-state index contributed by atoms with van der Waals surface area (Å²) >= 11 is 3.43. The first-order chi connectivity index (χ1) is 17.9. The third kappa shape index (κ3) is 5.20. The molecule has 0 aliphatic carbocycles. The Morgan fingerprint density at radius 3 is 1.89 bits per heavy atom. The van der Waals surface area contributed by atoms with Gasteiger partial charge in [-0.1, -0.05) is 64.5 Å². The highest BCUT2D eigenvalue weighted by molar-refractivity contribution is 9.10. The van der Waals surface area contributed by atoms with E-state index in [2.05, 4.69) is 15.9 Å². The van der Waals surface area contributed by atoms with Gasteiger partial charge in [0.2, 0.25) is 0 Å². The van der Waals surface area contributed by atoms with Crippen molar-refractivity contribution in [3.05, 3.63) is 112 Å². The molecule has 1 unspecified atom stereocenters.